The van der Waals surface area contributed by atoms with E-state index in [4.69, 9.17) is 9.47 Å². The first-order chi connectivity index (χ1) is 11.8. The first-order valence-electron chi connectivity index (χ1n) is 8.29. The van der Waals surface area contributed by atoms with Crippen molar-refractivity contribution in [3.8, 4) is 0 Å². The maximum absolute atomic E-state index is 12.2. The van der Waals surface area contributed by atoms with E-state index in [0.29, 0.717) is 19.8 Å². The quantitative estimate of drug-likeness (QED) is 0.755. The highest BCUT2D eigenvalue weighted by Crippen LogP contribution is 2.29. The van der Waals surface area contributed by atoms with Gasteiger partial charge in [-0.15, -0.1) is 0 Å². The molecule has 0 radical (unpaired) electrons. The molecule has 0 aliphatic carbocycles. The fourth-order valence-corrected chi connectivity index (χ4v) is 3.76. The summed E-state index contributed by atoms with van der Waals surface area (Å²) in [4.78, 5) is 12.2. The molecule has 1 aliphatic rings. The van der Waals surface area contributed by atoms with Gasteiger partial charge < -0.3 is 9.47 Å². The second-order valence-corrected chi connectivity index (χ2v) is 7.23. The van der Waals surface area contributed by atoms with Gasteiger partial charge in [0.1, 0.15) is 6.10 Å². The standard InChI is InChI=1S/C20H22O3S/c21-20-19(23-14-17-9-5-2-6-10-17)12-11-18(24-20)15-22-13-16-7-3-1-4-8-16/h1-10,18-19H,11-15H2. The fraction of sp³-hybridized carbons (Fsp3) is 0.350. The number of rotatable bonds is 7. The summed E-state index contributed by atoms with van der Waals surface area (Å²) in [5.74, 6) is 0. The van der Waals surface area contributed by atoms with Crippen LogP contribution in [0.2, 0.25) is 0 Å². The highest BCUT2D eigenvalue weighted by Gasteiger charge is 2.30. The minimum Gasteiger partial charge on any atom is -0.376 e. The SMILES string of the molecule is O=C1SC(COCc2ccccc2)CCC1OCc1ccccc1. The van der Waals surface area contributed by atoms with Crippen molar-refractivity contribution >= 4 is 16.9 Å². The first-order valence-corrected chi connectivity index (χ1v) is 9.17. The molecule has 3 nitrogen and oxygen atoms in total. The summed E-state index contributed by atoms with van der Waals surface area (Å²) in [5, 5.41) is 0.364. The van der Waals surface area contributed by atoms with Gasteiger partial charge in [-0.25, -0.2) is 0 Å². The molecule has 1 heterocycles. The van der Waals surface area contributed by atoms with Crippen LogP contribution in [-0.4, -0.2) is 23.1 Å². The van der Waals surface area contributed by atoms with Crippen molar-refractivity contribution in [1.29, 1.82) is 0 Å². The molecule has 2 atom stereocenters. The van der Waals surface area contributed by atoms with Gasteiger partial charge in [-0.3, -0.25) is 4.79 Å². The molecule has 0 amide bonds. The molecule has 2 aromatic carbocycles. The summed E-state index contributed by atoms with van der Waals surface area (Å²) >= 11 is 1.38. The van der Waals surface area contributed by atoms with Crippen LogP contribution in [-0.2, 0) is 27.5 Å². The second kappa shape index (κ2) is 9.02. The molecule has 2 aromatic rings. The van der Waals surface area contributed by atoms with Gasteiger partial charge in [0.2, 0.25) is 5.12 Å². The lowest BCUT2D eigenvalue weighted by Gasteiger charge is -2.26. The van der Waals surface area contributed by atoms with Crippen LogP contribution < -0.4 is 0 Å². The van der Waals surface area contributed by atoms with E-state index < -0.39 is 0 Å². The summed E-state index contributed by atoms with van der Waals surface area (Å²) < 4.78 is 11.6. The Hall–Kier alpha value is -1.62. The van der Waals surface area contributed by atoms with Crippen molar-refractivity contribution in [3.05, 3.63) is 71.8 Å². The third kappa shape index (κ3) is 5.20. The molecule has 4 heteroatoms. The highest BCUT2D eigenvalue weighted by molar-refractivity contribution is 8.14. The first kappa shape index (κ1) is 17.2. The molecule has 0 saturated carbocycles. The Morgan fingerprint density at radius 2 is 1.50 bits per heavy atom. The van der Waals surface area contributed by atoms with E-state index in [-0.39, 0.29) is 16.5 Å². The van der Waals surface area contributed by atoms with E-state index in [2.05, 4.69) is 0 Å². The van der Waals surface area contributed by atoms with Crippen molar-refractivity contribution < 1.29 is 14.3 Å². The zero-order valence-electron chi connectivity index (χ0n) is 13.6. The molecule has 0 bridgehead atoms. The summed E-state index contributed by atoms with van der Waals surface area (Å²) in [6, 6.07) is 20.1. The molecule has 3 rings (SSSR count). The van der Waals surface area contributed by atoms with Gasteiger partial charge >= 0.3 is 0 Å². The lowest BCUT2D eigenvalue weighted by atomic mass is 10.1. The van der Waals surface area contributed by atoms with E-state index in [1.807, 2.05) is 60.7 Å². The minimum atomic E-state index is -0.291. The molecule has 1 aliphatic heterocycles. The van der Waals surface area contributed by atoms with Crippen molar-refractivity contribution in [1.82, 2.24) is 0 Å². The smallest absolute Gasteiger partial charge is 0.218 e. The molecule has 0 aromatic heterocycles. The fourth-order valence-electron chi connectivity index (χ4n) is 2.68. The normalized spacial score (nSPS) is 20.9. The minimum absolute atomic E-state index is 0.130. The van der Waals surface area contributed by atoms with Gasteiger partial charge in [-0.2, -0.15) is 0 Å². The van der Waals surface area contributed by atoms with Crippen LogP contribution in [0.4, 0.5) is 0 Å². The molecular formula is C20H22O3S. The summed E-state index contributed by atoms with van der Waals surface area (Å²) in [6.07, 6.45) is 1.43. The van der Waals surface area contributed by atoms with Crippen molar-refractivity contribution in [2.75, 3.05) is 6.61 Å². The number of carbonyl (C=O) groups excluding carboxylic acids is 1. The summed E-state index contributed by atoms with van der Waals surface area (Å²) in [7, 11) is 0. The topological polar surface area (TPSA) is 35.5 Å². The third-order valence-corrected chi connectivity index (χ3v) is 5.21. The Balaban J connectivity index is 1.38. The number of hydrogen-bond acceptors (Lipinski definition) is 4. The van der Waals surface area contributed by atoms with Crippen LogP contribution in [0.25, 0.3) is 0 Å². The van der Waals surface area contributed by atoms with Gasteiger partial charge in [-0.05, 0) is 24.0 Å². The van der Waals surface area contributed by atoms with Crippen LogP contribution in [0.15, 0.2) is 60.7 Å². The Labute approximate surface area is 147 Å². The van der Waals surface area contributed by atoms with E-state index >= 15 is 0 Å². The van der Waals surface area contributed by atoms with Crippen LogP contribution >= 0.6 is 11.8 Å². The third-order valence-electron chi connectivity index (χ3n) is 4.01. The average Bonchev–Trinajstić information content (AvgIpc) is 2.63. The Morgan fingerprint density at radius 1 is 0.875 bits per heavy atom. The van der Waals surface area contributed by atoms with Gasteiger partial charge in [0, 0.05) is 5.25 Å². The molecule has 1 saturated heterocycles. The van der Waals surface area contributed by atoms with E-state index in [1.165, 1.54) is 11.8 Å². The highest BCUT2D eigenvalue weighted by atomic mass is 32.2. The lowest BCUT2D eigenvalue weighted by Crippen LogP contribution is -2.31. The Bertz CT molecular complexity index is 630. The molecule has 1 fully saturated rings. The average molecular weight is 342 g/mol. The predicted octanol–water partition coefficient (Wildman–Crippen LogP) is 4.21. The van der Waals surface area contributed by atoms with Crippen LogP contribution in [0.3, 0.4) is 0 Å². The van der Waals surface area contributed by atoms with Crippen LogP contribution in [0.5, 0.6) is 0 Å². The summed E-state index contributed by atoms with van der Waals surface area (Å²) in [6.45, 7) is 1.70. The molecule has 0 N–H and O–H groups in total. The predicted molar refractivity (Wildman–Crippen MR) is 96.7 cm³/mol. The Morgan fingerprint density at radius 3 is 2.12 bits per heavy atom. The molecule has 2 unspecified atom stereocenters. The van der Waals surface area contributed by atoms with Crippen molar-refractivity contribution in [2.45, 2.75) is 37.4 Å². The number of hydrogen-bond donors (Lipinski definition) is 0. The summed E-state index contributed by atoms with van der Waals surface area (Å²) in [5.41, 5.74) is 2.26. The van der Waals surface area contributed by atoms with E-state index in [0.717, 1.165) is 24.0 Å². The zero-order valence-corrected chi connectivity index (χ0v) is 14.4. The van der Waals surface area contributed by atoms with Crippen molar-refractivity contribution in [2.24, 2.45) is 0 Å². The lowest BCUT2D eigenvalue weighted by molar-refractivity contribution is -0.123. The Kier molecular flexibility index (Phi) is 6.47. The number of carbonyl (C=O) groups is 1. The zero-order chi connectivity index (χ0) is 16.6. The van der Waals surface area contributed by atoms with Crippen molar-refractivity contribution in [3.63, 3.8) is 0 Å². The maximum atomic E-state index is 12.2. The van der Waals surface area contributed by atoms with Crippen LogP contribution in [0.1, 0.15) is 24.0 Å². The molecule has 0 spiro atoms. The van der Waals surface area contributed by atoms with Gasteiger partial charge in [0.25, 0.3) is 0 Å². The number of ether oxygens (including phenoxy) is 2. The largest absolute Gasteiger partial charge is 0.376 e. The molecule has 24 heavy (non-hydrogen) atoms. The van der Waals surface area contributed by atoms with Gasteiger partial charge in [0.05, 0.1) is 19.8 Å². The number of thioether (sulfide) groups is 1. The maximum Gasteiger partial charge on any atom is 0.218 e. The monoisotopic (exact) mass is 342 g/mol. The molecule has 126 valence electrons. The van der Waals surface area contributed by atoms with E-state index in [1.54, 1.807) is 0 Å². The molecular weight excluding hydrogens is 320 g/mol. The van der Waals surface area contributed by atoms with Crippen LogP contribution in [0, 0.1) is 0 Å². The van der Waals surface area contributed by atoms with Gasteiger partial charge in [-0.1, -0.05) is 72.4 Å². The number of benzene rings is 2. The van der Waals surface area contributed by atoms with E-state index in [9.17, 15) is 4.79 Å². The second-order valence-electron chi connectivity index (χ2n) is 5.92. The van der Waals surface area contributed by atoms with Gasteiger partial charge in [0.15, 0.2) is 0 Å².